The van der Waals surface area contributed by atoms with Crippen LogP contribution in [-0.4, -0.2) is 51.1 Å². The Bertz CT molecular complexity index is 804. The summed E-state index contributed by atoms with van der Waals surface area (Å²) >= 11 is 6.32. The minimum Gasteiger partial charge on any atom is -0.496 e. The van der Waals surface area contributed by atoms with Crippen molar-refractivity contribution in [3.63, 3.8) is 0 Å². The average Bonchev–Trinajstić information content (AvgIpc) is 2.64. The molecule has 6 nitrogen and oxygen atoms in total. The van der Waals surface area contributed by atoms with Crippen LogP contribution in [0.15, 0.2) is 36.4 Å². The van der Waals surface area contributed by atoms with E-state index in [2.05, 4.69) is 22.2 Å². The smallest absolute Gasteiger partial charge is 0.259 e. The van der Waals surface area contributed by atoms with E-state index in [1.54, 1.807) is 24.3 Å². The van der Waals surface area contributed by atoms with E-state index >= 15 is 0 Å². The molecule has 1 amide bonds. The Balaban J connectivity index is 1.86. The number of carbonyl (C=O) groups excluding carboxylic acids is 1. The molecule has 1 aliphatic heterocycles. The molecule has 2 aromatic carbocycles. The van der Waals surface area contributed by atoms with Crippen LogP contribution in [0.5, 0.6) is 5.75 Å². The van der Waals surface area contributed by atoms with Crippen LogP contribution >= 0.6 is 11.6 Å². The highest BCUT2D eigenvalue weighted by atomic mass is 35.5. The summed E-state index contributed by atoms with van der Waals surface area (Å²) in [5.74, 6) is 0.231. The zero-order valence-electron chi connectivity index (χ0n) is 15.0. The van der Waals surface area contributed by atoms with Crippen molar-refractivity contribution in [2.24, 2.45) is 0 Å². The summed E-state index contributed by atoms with van der Waals surface area (Å²) in [6, 6.07) is 10.6. The maximum absolute atomic E-state index is 12.7. The zero-order chi connectivity index (χ0) is 18.7. The van der Waals surface area contributed by atoms with E-state index in [0.29, 0.717) is 27.7 Å². The molecule has 1 aliphatic rings. The van der Waals surface area contributed by atoms with Crippen LogP contribution < -0.4 is 20.7 Å². The Labute approximate surface area is 158 Å². The van der Waals surface area contributed by atoms with E-state index in [4.69, 9.17) is 22.1 Å². The third-order valence-electron chi connectivity index (χ3n) is 4.56. The second kappa shape index (κ2) is 7.85. The van der Waals surface area contributed by atoms with Crippen molar-refractivity contribution < 1.29 is 9.53 Å². The quantitative estimate of drug-likeness (QED) is 0.805. The standard InChI is InChI=1S/C19H23ClN4O2/c1-23-7-9-24(10-8-23)17-12-16(14(20)11-15(17)21)22-19(25)13-5-3-4-6-18(13)26-2/h3-6,11-12H,7-10,21H2,1-2H3,(H,22,25). The number of hydrogen-bond donors (Lipinski definition) is 2. The van der Waals surface area contributed by atoms with Crippen LogP contribution in [0, 0.1) is 0 Å². The molecule has 3 N–H and O–H groups in total. The Hall–Kier alpha value is -2.44. The van der Waals surface area contributed by atoms with E-state index in [1.165, 1.54) is 7.11 Å². The summed E-state index contributed by atoms with van der Waals surface area (Å²) in [7, 11) is 3.63. The highest BCUT2D eigenvalue weighted by Gasteiger charge is 2.19. The summed E-state index contributed by atoms with van der Waals surface area (Å²) in [6.07, 6.45) is 0. The molecule has 1 fully saturated rings. The normalized spacial score (nSPS) is 15.0. The summed E-state index contributed by atoms with van der Waals surface area (Å²) in [5, 5.41) is 3.28. The number of nitrogen functional groups attached to an aromatic ring is 1. The molecule has 0 unspecified atom stereocenters. The first kappa shape index (κ1) is 18.4. The Morgan fingerprint density at radius 1 is 1.19 bits per heavy atom. The van der Waals surface area contributed by atoms with Gasteiger partial charge in [0.05, 0.1) is 34.8 Å². The number of carbonyl (C=O) groups is 1. The number of nitrogens with two attached hydrogens (primary N) is 1. The number of nitrogens with one attached hydrogen (secondary N) is 1. The molecule has 7 heteroatoms. The number of piperazine rings is 1. The van der Waals surface area contributed by atoms with Gasteiger partial charge in [-0.3, -0.25) is 4.79 Å². The van der Waals surface area contributed by atoms with Crippen molar-refractivity contribution in [1.29, 1.82) is 0 Å². The maximum Gasteiger partial charge on any atom is 0.259 e. The number of benzene rings is 2. The zero-order valence-corrected chi connectivity index (χ0v) is 15.7. The van der Waals surface area contributed by atoms with Crippen LogP contribution in [0.2, 0.25) is 5.02 Å². The lowest BCUT2D eigenvalue weighted by Crippen LogP contribution is -2.44. The number of ether oxygens (including phenoxy) is 1. The van der Waals surface area contributed by atoms with Crippen molar-refractivity contribution in [2.75, 3.05) is 56.3 Å². The SMILES string of the molecule is COc1ccccc1C(=O)Nc1cc(N2CCN(C)CC2)c(N)cc1Cl. The number of amides is 1. The lowest BCUT2D eigenvalue weighted by Gasteiger charge is -2.35. The highest BCUT2D eigenvalue weighted by molar-refractivity contribution is 6.34. The molecular weight excluding hydrogens is 352 g/mol. The number of halogens is 1. The number of likely N-dealkylation sites (N-methyl/N-ethyl adjacent to an activating group) is 1. The monoisotopic (exact) mass is 374 g/mol. The molecular formula is C19H23ClN4O2. The molecule has 3 rings (SSSR count). The molecule has 0 bridgehead atoms. The largest absolute Gasteiger partial charge is 0.496 e. The summed E-state index contributed by atoms with van der Waals surface area (Å²) in [6.45, 7) is 3.68. The summed E-state index contributed by atoms with van der Waals surface area (Å²) < 4.78 is 5.26. The van der Waals surface area contributed by atoms with Gasteiger partial charge in [0, 0.05) is 26.2 Å². The molecule has 0 aromatic heterocycles. The number of rotatable bonds is 4. The molecule has 138 valence electrons. The number of hydrogen-bond acceptors (Lipinski definition) is 5. The van der Waals surface area contributed by atoms with Crippen molar-refractivity contribution >= 4 is 34.6 Å². The first-order valence-corrected chi connectivity index (χ1v) is 8.84. The second-order valence-corrected chi connectivity index (χ2v) is 6.74. The fraction of sp³-hybridized carbons (Fsp3) is 0.316. The van der Waals surface area contributed by atoms with E-state index in [1.807, 2.05) is 12.1 Å². The van der Waals surface area contributed by atoms with Crippen LogP contribution in [0.25, 0.3) is 0 Å². The minimum atomic E-state index is -0.279. The lowest BCUT2D eigenvalue weighted by molar-refractivity contribution is 0.102. The van der Waals surface area contributed by atoms with Gasteiger partial charge in [0.1, 0.15) is 5.75 Å². The summed E-state index contributed by atoms with van der Waals surface area (Å²) in [5.41, 5.74) is 8.65. The van der Waals surface area contributed by atoms with Gasteiger partial charge in [-0.25, -0.2) is 0 Å². The van der Waals surface area contributed by atoms with E-state index in [-0.39, 0.29) is 5.91 Å². The molecule has 1 saturated heterocycles. The Kier molecular flexibility index (Phi) is 5.54. The van der Waals surface area contributed by atoms with Crippen molar-refractivity contribution in [3.8, 4) is 5.75 Å². The maximum atomic E-state index is 12.7. The van der Waals surface area contributed by atoms with Gasteiger partial charge in [-0.2, -0.15) is 0 Å². The van der Waals surface area contributed by atoms with E-state index in [0.717, 1.165) is 31.9 Å². The van der Waals surface area contributed by atoms with Gasteiger partial charge < -0.3 is 25.6 Å². The molecule has 2 aromatic rings. The first-order valence-electron chi connectivity index (χ1n) is 8.46. The van der Waals surface area contributed by atoms with Gasteiger partial charge in [-0.05, 0) is 31.3 Å². The van der Waals surface area contributed by atoms with Gasteiger partial charge >= 0.3 is 0 Å². The van der Waals surface area contributed by atoms with Gasteiger partial charge in [0.15, 0.2) is 0 Å². The van der Waals surface area contributed by atoms with Crippen LogP contribution in [0.1, 0.15) is 10.4 Å². The summed E-state index contributed by atoms with van der Waals surface area (Å²) in [4.78, 5) is 17.1. The predicted octanol–water partition coefficient (Wildman–Crippen LogP) is 2.93. The van der Waals surface area contributed by atoms with Crippen molar-refractivity contribution in [1.82, 2.24) is 4.90 Å². The molecule has 1 heterocycles. The van der Waals surface area contributed by atoms with E-state index in [9.17, 15) is 4.79 Å². The predicted molar refractivity (Wildman–Crippen MR) is 107 cm³/mol. The number of para-hydroxylation sites is 1. The van der Waals surface area contributed by atoms with Crippen LogP contribution in [0.4, 0.5) is 17.1 Å². The van der Waals surface area contributed by atoms with Crippen LogP contribution in [-0.2, 0) is 0 Å². The molecule has 0 spiro atoms. The molecule has 0 aliphatic carbocycles. The second-order valence-electron chi connectivity index (χ2n) is 6.34. The topological polar surface area (TPSA) is 70.8 Å². The number of nitrogens with zero attached hydrogens (tertiary/aromatic N) is 2. The number of anilines is 3. The van der Waals surface area contributed by atoms with Gasteiger partial charge in [-0.15, -0.1) is 0 Å². The van der Waals surface area contributed by atoms with Gasteiger partial charge in [-0.1, -0.05) is 23.7 Å². The molecule has 0 atom stereocenters. The van der Waals surface area contributed by atoms with Gasteiger partial charge in [0.25, 0.3) is 5.91 Å². The first-order chi connectivity index (χ1) is 12.5. The molecule has 0 saturated carbocycles. The third kappa shape index (κ3) is 3.86. The average molecular weight is 375 g/mol. The molecule has 0 radical (unpaired) electrons. The van der Waals surface area contributed by atoms with E-state index < -0.39 is 0 Å². The van der Waals surface area contributed by atoms with Crippen molar-refractivity contribution in [2.45, 2.75) is 0 Å². The highest BCUT2D eigenvalue weighted by Crippen LogP contribution is 2.34. The van der Waals surface area contributed by atoms with Gasteiger partial charge in [0.2, 0.25) is 0 Å². The Morgan fingerprint density at radius 2 is 1.88 bits per heavy atom. The fourth-order valence-corrected chi connectivity index (χ4v) is 3.24. The lowest BCUT2D eigenvalue weighted by atomic mass is 10.1. The Morgan fingerprint density at radius 3 is 2.58 bits per heavy atom. The minimum absolute atomic E-state index is 0.279. The molecule has 26 heavy (non-hydrogen) atoms. The van der Waals surface area contributed by atoms with Crippen LogP contribution in [0.3, 0.4) is 0 Å². The third-order valence-corrected chi connectivity index (χ3v) is 4.87. The fourth-order valence-electron chi connectivity index (χ4n) is 3.02. The number of methoxy groups -OCH3 is 1. The van der Waals surface area contributed by atoms with Crippen molar-refractivity contribution in [3.05, 3.63) is 47.0 Å².